The van der Waals surface area contributed by atoms with E-state index in [1.807, 2.05) is 20.8 Å². The average molecular weight is 232 g/mol. The van der Waals surface area contributed by atoms with E-state index < -0.39 is 0 Å². The Balaban J connectivity index is 2.77. The van der Waals surface area contributed by atoms with Crippen LogP contribution in [0, 0.1) is 6.92 Å². The zero-order valence-electron chi connectivity index (χ0n) is 11.8. The van der Waals surface area contributed by atoms with Crippen LogP contribution in [0.25, 0.3) is 0 Å². The van der Waals surface area contributed by atoms with Gasteiger partial charge in [-0.1, -0.05) is 31.7 Å². The highest BCUT2D eigenvalue weighted by Crippen LogP contribution is 2.19. The summed E-state index contributed by atoms with van der Waals surface area (Å²) in [5.41, 5.74) is 3.83. The standard InChI is InChI=1S/C16H24O/c1-7-14-9-8-12(2)15(11-14)10-13(3)17-16(4,5)6/h8-9,11H,3,7,10H2,1-2,4-6H3. The lowest BCUT2D eigenvalue weighted by atomic mass is 10.0. The maximum Gasteiger partial charge on any atom is 0.100 e. The Labute approximate surface area is 106 Å². The maximum absolute atomic E-state index is 5.78. The lowest BCUT2D eigenvalue weighted by Crippen LogP contribution is -2.19. The molecule has 0 spiro atoms. The van der Waals surface area contributed by atoms with Crippen molar-refractivity contribution in [3.8, 4) is 0 Å². The molecule has 1 aromatic carbocycles. The predicted octanol–water partition coefficient (Wildman–Crippen LogP) is 4.43. The molecule has 0 bridgehead atoms. The van der Waals surface area contributed by atoms with E-state index in [1.54, 1.807) is 0 Å². The molecule has 0 aliphatic heterocycles. The van der Waals surface area contributed by atoms with Gasteiger partial charge in [0, 0.05) is 6.42 Å². The second-order valence-electron chi connectivity index (χ2n) is 5.54. The number of rotatable bonds is 4. The molecule has 0 atom stereocenters. The molecule has 1 nitrogen and oxygen atoms in total. The van der Waals surface area contributed by atoms with E-state index in [9.17, 15) is 0 Å². The Morgan fingerprint density at radius 1 is 1.29 bits per heavy atom. The molecule has 1 heteroatoms. The van der Waals surface area contributed by atoms with Crippen molar-refractivity contribution in [1.82, 2.24) is 0 Å². The molecule has 0 aliphatic rings. The van der Waals surface area contributed by atoms with Crippen LogP contribution in [0.2, 0.25) is 0 Å². The Morgan fingerprint density at radius 2 is 1.94 bits per heavy atom. The molecule has 94 valence electrons. The van der Waals surface area contributed by atoms with Gasteiger partial charge in [-0.3, -0.25) is 0 Å². The van der Waals surface area contributed by atoms with Gasteiger partial charge in [-0.15, -0.1) is 0 Å². The minimum Gasteiger partial charge on any atom is -0.493 e. The molecule has 1 rings (SSSR count). The van der Waals surface area contributed by atoms with Crippen molar-refractivity contribution in [2.24, 2.45) is 0 Å². The molecular formula is C16H24O. The van der Waals surface area contributed by atoms with Crippen LogP contribution in [0.15, 0.2) is 30.5 Å². The van der Waals surface area contributed by atoms with E-state index in [-0.39, 0.29) is 5.60 Å². The van der Waals surface area contributed by atoms with Crippen LogP contribution in [-0.2, 0) is 17.6 Å². The third kappa shape index (κ3) is 4.64. The van der Waals surface area contributed by atoms with Crippen molar-refractivity contribution in [3.63, 3.8) is 0 Å². The number of hydrogen-bond acceptors (Lipinski definition) is 1. The predicted molar refractivity (Wildman–Crippen MR) is 74.2 cm³/mol. The summed E-state index contributed by atoms with van der Waals surface area (Å²) < 4.78 is 5.78. The van der Waals surface area contributed by atoms with Gasteiger partial charge in [-0.25, -0.2) is 0 Å². The van der Waals surface area contributed by atoms with E-state index in [4.69, 9.17) is 4.74 Å². The lowest BCUT2D eigenvalue weighted by molar-refractivity contribution is 0.0500. The third-order valence-corrected chi connectivity index (χ3v) is 2.66. The fourth-order valence-corrected chi connectivity index (χ4v) is 1.82. The fourth-order valence-electron chi connectivity index (χ4n) is 1.82. The molecule has 0 amide bonds. The lowest BCUT2D eigenvalue weighted by Gasteiger charge is -2.23. The van der Waals surface area contributed by atoms with E-state index in [0.717, 1.165) is 18.6 Å². The minimum absolute atomic E-state index is 0.159. The molecular weight excluding hydrogens is 208 g/mol. The number of hydrogen-bond donors (Lipinski definition) is 0. The summed E-state index contributed by atoms with van der Waals surface area (Å²) in [4.78, 5) is 0. The first-order valence-electron chi connectivity index (χ1n) is 6.27. The number of aryl methyl sites for hydroxylation is 2. The van der Waals surface area contributed by atoms with Gasteiger partial charge >= 0.3 is 0 Å². The average Bonchev–Trinajstić information content (AvgIpc) is 2.18. The summed E-state index contributed by atoms with van der Waals surface area (Å²) in [5, 5.41) is 0. The SMILES string of the molecule is C=C(Cc1cc(CC)ccc1C)OC(C)(C)C. The normalized spacial score (nSPS) is 11.4. The van der Waals surface area contributed by atoms with Crippen molar-refractivity contribution in [1.29, 1.82) is 0 Å². The monoisotopic (exact) mass is 232 g/mol. The number of ether oxygens (including phenoxy) is 1. The summed E-state index contributed by atoms with van der Waals surface area (Å²) in [5.74, 6) is 0.842. The first-order chi connectivity index (χ1) is 7.81. The van der Waals surface area contributed by atoms with Gasteiger partial charge in [0.2, 0.25) is 0 Å². The molecule has 0 heterocycles. The van der Waals surface area contributed by atoms with Crippen LogP contribution in [-0.4, -0.2) is 5.60 Å². The highest BCUT2D eigenvalue weighted by Gasteiger charge is 2.13. The van der Waals surface area contributed by atoms with Gasteiger partial charge < -0.3 is 4.74 Å². The van der Waals surface area contributed by atoms with Gasteiger partial charge in [-0.05, 0) is 50.8 Å². The molecule has 0 fully saturated rings. The fraction of sp³-hybridized carbons (Fsp3) is 0.500. The molecule has 0 radical (unpaired) electrons. The quantitative estimate of drug-likeness (QED) is 0.698. The largest absolute Gasteiger partial charge is 0.493 e. The van der Waals surface area contributed by atoms with Crippen LogP contribution in [0.1, 0.15) is 44.4 Å². The first kappa shape index (κ1) is 13.8. The van der Waals surface area contributed by atoms with Gasteiger partial charge in [0.25, 0.3) is 0 Å². The molecule has 0 aliphatic carbocycles. The van der Waals surface area contributed by atoms with Crippen LogP contribution < -0.4 is 0 Å². The van der Waals surface area contributed by atoms with E-state index >= 15 is 0 Å². The van der Waals surface area contributed by atoms with Gasteiger partial charge in [0.1, 0.15) is 5.60 Å². The summed E-state index contributed by atoms with van der Waals surface area (Å²) in [6.45, 7) is 14.5. The van der Waals surface area contributed by atoms with Crippen molar-refractivity contribution >= 4 is 0 Å². The number of benzene rings is 1. The summed E-state index contributed by atoms with van der Waals surface area (Å²) in [6.07, 6.45) is 1.87. The second kappa shape index (κ2) is 5.39. The summed E-state index contributed by atoms with van der Waals surface area (Å²) in [7, 11) is 0. The molecule has 0 aromatic heterocycles. The molecule has 0 N–H and O–H groups in total. The van der Waals surface area contributed by atoms with Crippen LogP contribution in [0.4, 0.5) is 0 Å². The highest BCUT2D eigenvalue weighted by molar-refractivity contribution is 5.33. The van der Waals surface area contributed by atoms with Crippen LogP contribution in [0.5, 0.6) is 0 Å². The molecule has 17 heavy (non-hydrogen) atoms. The Bertz CT molecular complexity index is 396. The van der Waals surface area contributed by atoms with Gasteiger partial charge in [0.15, 0.2) is 0 Å². The Morgan fingerprint density at radius 3 is 2.47 bits per heavy atom. The van der Waals surface area contributed by atoms with Crippen LogP contribution in [0.3, 0.4) is 0 Å². The van der Waals surface area contributed by atoms with Gasteiger partial charge in [0.05, 0.1) is 5.76 Å². The van der Waals surface area contributed by atoms with Gasteiger partial charge in [-0.2, -0.15) is 0 Å². The Kier molecular flexibility index (Phi) is 4.39. The number of allylic oxidation sites excluding steroid dienone is 1. The highest BCUT2D eigenvalue weighted by atomic mass is 16.5. The van der Waals surface area contributed by atoms with E-state index in [2.05, 4.69) is 38.6 Å². The minimum atomic E-state index is -0.159. The van der Waals surface area contributed by atoms with Crippen LogP contribution >= 0.6 is 0 Å². The zero-order valence-corrected chi connectivity index (χ0v) is 11.8. The molecule has 0 saturated carbocycles. The first-order valence-corrected chi connectivity index (χ1v) is 6.27. The molecule has 1 aromatic rings. The van der Waals surface area contributed by atoms with E-state index in [1.165, 1.54) is 16.7 Å². The molecule has 0 unspecified atom stereocenters. The zero-order chi connectivity index (χ0) is 13.1. The van der Waals surface area contributed by atoms with Crippen molar-refractivity contribution in [2.45, 2.75) is 53.1 Å². The van der Waals surface area contributed by atoms with Crippen molar-refractivity contribution in [3.05, 3.63) is 47.2 Å². The Hall–Kier alpha value is -1.24. The van der Waals surface area contributed by atoms with Crippen molar-refractivity contribution in [2.75, 3.05) is 0 Å². The smallest absolute Gasteiger partial charge is 0.100 e. The molecule has 0 saturated heterocycles. The van der Waals surface area contributed by atoms with Crippen molar-refractivity contribution < 1.29 is 4.74 Å². The second-order valence-corrected chi connectivity index (χ2v) is 5.54. The summed E-state index contributed by atoms with van der Waals surface area (Å²) in [6, 6.07) is 6.62. The summed E-state index contributed by atoms with van der Waals surface area (Å²) >= 11 is 0. The third-order valence-electron chi connectivity index (χ3n) is 2.66. The maximum atomic E-state index is 5.78. The van der Waals surface area contributed by atoms with E-state index in [0.29, 0.717) is 0 Å². The topological polar surface area (TPSA) is 9.23 Å².